The van der Waals surface area contributed by atoms with Crippen LogP contribution in [0.3, 0.4) is 0 Å². The molecular formula is C20H27N. The lowest BCUT2D eigenvalue weighted by molar-refractivity contribution is 0.504. The Morgan fingerprint density at radius 3 is 2.29 bits per heavy atom. The van der Waals surface area contributed by atoms with Gasteiger partial charge in [-0.3, -0.25) is 0 Å². The molecule has 0 heterocycles. The van der Waals surface area contributed by atoms with E-state index in [1.54, 1.807) is 0 Å². The van der Waals surface area contributed by atoms with Crippen LogP contribution < -0.4 is 5.32 Å². The molecule has 0 saturated carbocycles. The molecule has 2 aromatic rings. The second-order valence-corrected chi connectivity index (χ2v) is 5.97. The number of hydrogen-bond donors (Lipinski definition) is 1. The van der Waals surface area contributed by atoms with Gasteiger partial charge in [0.2, 0.25) is 0 Å². The molecule has 2 rings (SSSR count). The maximum Gasteiger partial charge on any atom is 0.0148 e. The quantitative estimate of drug-likeness (QED) is 0.790. The standard InChI is InChI=1S/C20H27N/c1-4-13-21-20(14-18-11-9-16(2)10-12-18)15-19-8-6-5-7-17(19)3/h5-12,20-21H,4,13-15H2,1-3H3. The Morgan fingerprint density at radius 1 is 0.905 bits per heavy atom. The first-order valence-corrected chi connectivity index (χ1v) is 8.02. The summed E-state index contributed by atoms with van der Waals surface area (Å²) in [5.41, 5.74) is 5.60. The van der Waals surface area contributed by atoms with E-state index >= 15 is 0 Å². The number of nitrogens with one attached hydrogen (secondary N) is 1. The first-order valence-electron chi connectivity index (χ1n) is 8.02. The molecule has 0 aromatic heterocycles. The summed E-state index contributed by atoms with van der Waals surface area (Å²) in [6.07, 6.45) is 3.37. The topological polar surface area (TPSA) is 12.0 Å². The molecule has 0 fully saturated rings. The smallest absolute Gasteiger partial charge is 0.0148 e. The second kappa shape index (κ2) is 7.99. The molecule has 21 heavy (non-hydrogen) atoms. The molecule has 1 atom stereocenters. The summed E-state index contributed by atoms with van der Waals surface area (Å²) in [6, 6.07) is 18.2. The van der Waals surface area contributed by atoms with Crippen LogP contribution in [0.5, 0.6) is 0 Å². The van der Waals surface area contributed by atoms with Gasteiger partial charge in [-0.2, -0.15) is 0 Å². The highest BCUT2D eigenvalue weighted by Crippen LogP contribution is 2.13. The molecule has 0 saturated heterocycles. The van der Waals surface area contributed by atoms with Crippen molar-refractivity contribution in [3.8, 4) is 0 Å². The van der Waals surface area contributed by atoms with Gasteiger partial charge in [0.1, 0.15) is 0 Å². The molecule has 0 spiro atoms. The van der Waals surface area contributed by atoms with Gasteiger partial charge in [0.15, 0.2) is 0 Å². The molecule has 1 nitrogen and oxygen atoms in total. The van der Waals surface area contributed by atoms with Gasteiger partial charge in [0, 0.05) is 6.04 Å². The third kappa shape index (κ3) is 5.02. The van der Waals surface area contributed by atoms with Crippen molar-refractivity contribution in [2.75, 3.05) is 6.54 Å². The molecule has 0 amide bonds. The summed E-state index contributed by atoms with van der Waals surface area (Å²) in [5, 5.41) is 3.71. The van der Waals surface area contributed by atoms with Gasteiger partial charge in [-0.1, -0.05) is 61.0 Å². The van der Waals surface area contributed by atoms with Crippen LogP contribution in [0, 0.1) is 13.8 Å². The van der Waals surface area contributed by atoms with Crippen molar-refractivity contribution < 1.29 is 0 Å². The first kappa shape index (κ1) is 15.8. The van der Waals surface area contributed by atoms with Crippen LogP contribution in [0.15, 0.2) is 48.5 Å². The van der Waals surface area contributed by atoms with Gasteiger partial charge in [-0.25, -0.2) is 0 Å². The third-order valence-corrected chi connectivity index (χ3v) is 4.01. The zero-order valence-electron chi connectivity index (χ0n) is 13.5. The van der Waals surface area contributed by atoms with E-state index in [4.69, 9.17) is 0 Å². The monoisotopic (exact) mass is 281 g/mol. The van der Waals surface area contributed by atoms with E-state index in [1.165, 1.54) is 28.7 Å². The van der Waals surface area contributed by atoms with Crippen molar-refractivity contribution >= 4 is 0 Å². The second-order valence-electron chi connectivity index (χ2n) is 5.97. The van der Waals surface area contributed by atoms with E-state index in [9.17, 15) is 0 Å². The van der Waals surface area contributed by atoms with E-state index in [2.05, 4.69) is 74.6 Å². The number of rotatable bonds is 7. The van der Waals surface area contributed by atoms with E-state index in [1.807, 2.05) is 0 Å². The van der Waals surface area contributed by atoms with Crippen LogP contribution in [0.1, 0.15) is 35.6 Å². The highest BCUT2D eigenvalue weighted by molar-refractivity contribution is 5.27. The zero-order valence-corrected chi connectivity index (χ0v) is 13.5. The van der Waals surface area contributed by atoms with Crippen LogP contribution in [-0.2, 0) is 12.8 Å². The van der Waals surface area contributed by atoms with Crippen molar-refractivity contribution in [3.05, 3.63) is 70.8 Å². The summed E-state index contributed by atoms with van der Waals surface area (Å²) in [5.74, 6) is 0. The van der Waals surface area contributed by atoms with Crippen molar-refractivity contribution in [2.24, 2.45) is 0 Å². The average molecular weight is 281 g/mol. The zero-order chi connectivity index (χ0) is 15.1. The summed E-state index contributed by atoms with van der Waals surface area (Å²) >= 11 is 0. The average Bonchev–Trinajstić information content (AvgIpc) is 2.49. The van der Waals surface area contributed by atoms with Crippen LogP contribution >= 0.6 is 0 Å². The first-order chi connectivity index (χ1) is 10.2. The maximum atomic E-state index is 3.71. The van der Waals surface area contributed by atoms with E-state index in [0.717, 1.165) is 19.4 Å². The van der Waals surface area contributed by atoms with Gasteiger partial charge in [-0.15, -0.1) is 0 Å². The Balaban J connectivity index is 2.07. The SMILES string of the molecule is CCCNC(Cc1ccc(C)cc1)Cc1ccccc1C. The summed E-state index contributed by atoms with van der Waals surface area (Å²) in [6.45, 7) is 7.66. The Kier molecular flexibility index (Phi) is 6.01. The number of benzene rings is 2. The van der Waals surface area contributed by atoms with Gasteiger partial charge < -0.3 is 5.32 Å². The van der Waals surface area contributed by atoms with Gasteiger partial charge in [0.25, 0.3) is 0 Å². The Labute approximate surface area is 129 Å². The van der Waals surface area contributed by atoms with Crippen molar-refractivity contribution in [1.82, 2.24) is 5.32 Å². The van der Waals surface area contributed by atoms with Crippen LogP contribution in [0.25, 0.3) is 0 Å². The van der Waals surface area contributed by atoms with E-state index < -0.39 is 0 Å². The fourth-order valence-corrected chi connectivity index (χ4v) is 2.68. The van der Waals surface area contributed by atoms with Crippen LogP contribution in [-0.4, -0.2) is 12.6 Å². The Bertz CT molecular complexity index is 542. The van der Waals surface area contributed by atoms with Crippen molar-refractivity contribution in [2.45, 2.75) is 46.1 Å². The molecule has 1 N–H and O–H groups in total. The highest BCUT2D eigenvalue weighted by atomic mass is 14.9. The van der Waals surface area contributed by atoms with Gasteiger partial charge in [0.05, 0.1) is 0 Å². The fourth-order valence-electron chi connectivity index (χ4n) is 2.68. The molecule has 0 aliphatic heterocycles. The Hall–Kier alpha value is -1.60. The summed E-state index contributed by atoms with van der Waals surface area (Å²) < 4.78 is 0. The molecule has 0 aliphatic rings. The molecule has 0 aliphatic carbocycles. The molecule has 0 bridgehead atoms. The molecule has 2 aromatic carbocycles. The minimum Gasteiger partial charge on any atom is -0.313 e. The molecule has 112 valence electrons. The molecular weight excluding hydrogens is 254 g/mol. The maximum absolute atomic E-state index is 3.71. The Morgan fingerprint density at radius 2 is 1.62 bits per heavy atom. The number of aryl methyl sites for hydroxylation is 2. The third-order valence-electron chi connectivity index (χ3n) is 4.01. The van der Waals surface area contributed by atoms with Gasteiger partial charge >= 0.3 is 0 Å². The normalized spacial score (nSPS) is 12.3. The molecule has 0 radical (unpaired) electrons. The van der Waals surface area contributed by atoms with Crippen LogP contribution in [0.4, 0.5) is 0 Å². The van der Waals surface area contributed by atoms with E-state index in [0.29, 0.717) is 6.04 Å². The van der Waals surface area contributed by atoms with Gasteiger partial charge in [-0.05, 0) is 56.3 Å². The molecule has 1 unspecified atom stereocenters. The van der Waals surface area contributed by atoms with E-state index in [-0.39, 0.29) is 0 Å². The minimum atomic E-state index is 0.508. The van der Waals surface area contributed by atoms with Crippen LogP contribution in [0.2, 0.25) is 0 Å². The van der Waals surface area contributed by atoms with Crippen molar-refractivity contribution in [3.63, 3.8) is 0 Å². The van der Waals surface area contributed by atoms with Crippen molar-refractivity contribution in [1.29, 1.82) is 0 Å². The molecule has 1 heteroatoms. The predicted octanol–water partition coefficient (Wildman–Crippen LogP) is 4.46. The number of hydrogen-bond acceptors (Lipinski definition) is 1. The lowest BCUT2D eigenvalue weighted by Gasteiger charge is -2.20. The fraction of sp³-hybridized carbons (Fsp3) is 0.400. The largest absolute Gasteiger partial charge is 0.313 e. The summed E-state index contributed by atoms with van der Waals surface area (Å²) in [4.78, 5) is 0. The highest BCUT2D eigenvalue weighted by Gasteiger charge is 2.11. The summed E-state index contributed by atoms with van der Waals surface area (Å²) in [7, 11) is 0. The minimum absolute atomic E-state index is 0.508. The lowest BCUT2D eigenvalue weighted by atomic mass is 9.96. The lowest BCUT2D eigenvalue weighted by Crippen LogP contribution is -2.34. The predicted molar refractivity (Wildman–Crippen MR) is 91.8 cm³/mol.